The van der Waals surface area contributed by atoms with Crippen molar-refractivity contribution in [2.24, 2.45) is 0 Å². The van der Waals surface area contributed by atoms with E-state index in [9.17, 15) is 0 Å². The molecule has 0 aliphatic rings. The zero-order valence-electron chi connectivity index (χ0n) is 9.79. The third kappa shape index (κ3) is 2.94. The van der Waals surface area contributed by atoms with Gasteiger partial charge in [-0.3, -0.25) is 0 Å². The summed E-state index contributed by atoms with van der Waals surface area (Å²) in [6.45, 7) is 2.64. The molecule has 0 bridgehead atoms. The van der Waals surface area contributed by atoms with Crippen LogP contribution in [0.2, 0.25) is 5.22 Å². The van der Waals surface area contributed by atoms with Crippen molar-refractivity contribution in [1.82, 2.24) is 0 Å². The lowest BCUT2D eigenvalue weighted by Crippen LogP contribution is -2.00. The summed E-state index contributed by atoms with van der Waals surface area (Å²) < 4.78 is 10.4. The predicted octanol–water partition coefficient (Wildman–Crippen LogP) is 3.86. The second kappa shape index (κ2) is 5.15. The maximum absolute atomic E-state index is 5.70. The maximum atomic E-state index is 5.70. The number of halogens is 1. The highest BCUT2D eigenvalue weighted by Crippen LogP contribution is 2.22. The molecule has 2 aromatic rings. The molecule has 0 saturated carbocycles. The summed E-state index contributed by atoms with van der Waals surface area (Å²) in [6, 6.07) is 9.48. The van der Waals surface area contributed by atoms with Crippen LogP contribution < -0.4 is 10.1 Å². The molecule has 0 spiro atoms. The van der Waals surface area contributed by atoms with Gasteiger partial charge in [-0.2, -0.15) is 0 Å². The fourth-order valence-corrected chi connectivity index (χ4v) is 1.75. The van der Waals surface area contributed by atoms with Gasteiger partial charge in [0.05, 0.1) is 13.7 Å². The SMILES string of the molecule is COc1ccc(NCc2ccc(Cl)o2)c(C)c1. The van der Waals surface area contributed by atoms with Gasteiger partial charge in [-0.1, -0.05) is 0 Å². The van der Waals surface area contributed by atoms with Gasteiger partial charge in [-0.05, 0) is 54.4 Å². The van der Waals surface area contributed by atoms with Crippen molar-refractivity contribution in [3.05, 3.63) is 46.9 Å². The Hall–Kier alpha value is -1.61. The summed E-state index contributed by atoms with van der Waals surface area (Å²) in [6.07, 6.45) is 0. The number of rotatable bonds is 4. The summed E-state index contributed by atoms with van der Waals surface area (Å²) in [7, 11) is 1.66. The van der Waals surface area contributed by atoms with Gasteiger partial charge >= 0.3 is 0 Å². The summed E-state index contributed by atoms with van der Waals surface area (Å²) >= 11 is 5.70. The van der Waals surface area contributed by atoms with E-state index in [0.29, 0.717) is 11.8 Å². The van der Waals surface area contributed by atoms with Crippen molar-refractivity contribution in [3.8, 4) is 5.75 Å². The standard InChI is InChI=1S/C13H14ClNO2/c1-9-7-10(16-2)3-5-12(9)15-8-11-4-6-13(14)17-11/h3-7,15H,8H2,1-2H3. The normalized spacial score (nSPS) is 10.3. The minimum absolute atomic E-state index is 0.410. The number of hydrogen-bond donors (Lipinski definition) is 1. The number of nitrogens with one attached hydrogen (secondary N) is 1. The van der Waals surface area contributed by atoms with Crippen molar-refractivity contribution in [1.29, 1.82) is 0 Å². The van der Waals surface area contributed by atoms with Crippen LogP contribution in [0.25, 0.3) is 0 Å². The molecule has 1 aromatic carbocycles. The first-order valence-electron chi connectivity index (χ1n) is 5.32. The lowest BCUT2D eigenvalue weighted by atomic mass is 10.2. The lowest BCUT2D eigenvalue weighted by Gasteiger charge is -2.09. The molecule has 0 amide bonds. The van der Waals surface area contributed by atoms with Crippen molar-refractivity contribution in [2.75, 3.05) is 12.4 Å². The van der Waals surface area contributed by atoms with E-state index in [1.165, 1.54) is 0 Å². The van der Waals surface area contributed by atoms with Crippen LogP contribution in [0.3, 0.4) is 0 Å². The van der Waals surface area contributed by atoms with Gasteiger partial charge in [0.25, 0.3) is 0 Å². The van der Waals surface area contributed by atoms with Crippen LogP contribution >= 0.6 is 11.6 Å². The highest BCUT2D eigenvalue weighted by molar-refractivity contribution is 6.28. The highest BCUT2D eigenvalue weighted by Gasteiger charge is 2.02. The second-order valence-corrected chi connectivity index (χ2v) is 4.11. The van der Waals surface area contributed by atoms with Crippen LogP contribution in [0.4, 0.5) is 5.69 Å². The molecule has 90 valence electrons. The summed E-state index contributed by atoms with van der Waals surface area (Å²) in [5, 5.41) is 3.70. The Morgan fingerprint density at radius 2 is 2.12 bits per heavy atom. The zero-order valence-corrected chi connectivity index (χ0v) is 10.5. The number of anilines is 1. The van der Waals surface area contributed by atoms with Crippen LogP contribution in [0.1, 0.15) is 11.3 Å². The largest absolute Gasteiger partial charge is 0.497 e. The average molecular weight is 252 g/mol. The number of methoxy groups -OCH3 is 1. The van der Waals surface area contributed by atoms with Gasteiger partial charge in [0.2, 0.25) is 0 Å². The second-order valence-electron chi connectivity index (χ2n) is 3.74. The van der Waals surface area contributed by atoms with E-state index in [1.807, 2.05) is 31.2 Å². The minimum Gasteiger partial charge on any atom is -0.497 e. The Labute approximate surface area is 105 Å². The number of ether oxygens (including phenoxy) is 1. The van der Waals surface area contributed by atoms with Crippen LogP contribution in [-0.2, 0) is 6.54 Å². The first-order valence-corrected chi connectivity index (χ1v) is 5.69. The molecule has 0 aliphatic carbocycles. The molecule has 1 heterocycles. The molecular formula is C13H14ClNO2. The van der Waals surface area contributed by atoms with E-state index in [1.54, 1.807) is 13.2 Å². The van der Waals surface area contributed by atoms with E-state index in [2.05, 4.69) is 5.32 Å². The van der Waals surface area contributed by atoms with Gasteiger partial charge < -0.3 is 14.5 Å². The summed E-state index contributed by atoms with van der Waals surface area (Å²) in [4.78, 5) is 0. The number of benzene rings is 1. The van der Waals surface area contributed by atoms with E-state index >= 15 is 0 Å². The smallest absolute Gasteiger partial charge is 0.193 e. The minimum atomic E-state index is 0.410. The number of furan rings is 1. The molecule has 2 rings (SSSR count). The topological polar surface area (TPSA) is 34.4 Å². The van der Waals surface area contributed by atoms with Gasteiger partial charge in [0.1, 0.15) is 11.5 Å². The molecule has 0 radical (unpaired) electrons. The lowest BCUT2D eigenvalue weighted by molar-refractivity contribution is 0.414. The third-order valence-corrected chi connectivity index (χ3v) is 2.72. The quantitative estimate of drug-likeness (QED) is 0.896. The Bertz CT molecular complexity index is 508. The molecule has 0 atom stereocenters. The number of hydrogen-bond acceptors (Lipinski definition) is 3. The third-order valence-electron chi connectivity index (χ3n) is 2.52. The van der Waals surface area contributed by atoms with Crippen LogP contribution in [0.5, 0.6) is 5.75 Å². The molecule has 0 aliphatic heterocycles. The van der Waals surface area contributed by atoms with Crippen molar-refractivity contribution < 1.29 is 9.15 Å². The molecule has 0 fully saturated rings. The van der Waals surface area contributed by atoms with E-state index in [0.717, 1.165) is 22.8 Å². The van der Waals surface area contributed by atoms with E-state index < -0.39 is 0 Å². The summed E-state index contributed by atoms with van der Waals surface area (Å²) in [5.41, 5.74) is 2.18. The summed E-state index contributed by atoms with van der Waals surface area (Å²) in [5.74, 6) is 1.67. The molecule has 3 nitrogen and oxygen atoms in total. The Balaban J connectivity index is 2.04. The molecule has 0 saturated heterocycles. The Morgan fingerprint density at radius 3 is 2.71 bits per heavy atom. The zero-order chi connectivity index (χ0) is 12.3. The monoisotopic (exact) mass is 251 g/mol. The van der Waals surface area contributed by atoms with Crippen molar-refractivity contribution >= 4 is 17.3 Å². The first-order chi connectivity index (χ1) is 8.19. The van der Waals surface area contributed by atoms with Gasteiger partial charge in [0.15, 0.2) is 5.22 Å². The van der Waals surface area contributed by atoms with Crippen LogP contribution in [0, 0.1) is 6.92 Å². The molecule has 1 aromatic heterocycles. The Kier molecular flexibility index (Phi) is 3.59. The van der Waals surface area contributed by atoms with E-state index in [4.69, 9.17) is 20.8 Å². The average Bonchev–Trinajstić information content (AvgIpc) is 2.73. The fraction of sp³-hybridized carbons (Fsp3) is 0.231. The van der Waals surface area contributed by atoms with Crippen LogP contribution in [-0.4, -0.2) is 7.11 Å². The molecule has 4 heteroatoms. The Morgan fingerprint density at radius 1 is 1.29 bits per heavy atom. The number of aryl methyl sites for hydroxylation is 1. The fourth-order valence-electron chi connectivity index (χ4n) is 1.59. The molecule has 1 N–H and O–H groups in total. The molecular weight excluding hydrogens is 238 g/mol. The van der Waals surface area contributed by atoms with E-state index in [-0.39, 0.29) is 0 Å². The maximum Gasteiger partial charge on any atom is 0.193 e. The van der Waals surface area contributed by atoms with Gasteiger partial charge in [0, 0.05) is 5.69 Å². The van der Waals surface area contributed by atoms with Gasteiger partial charge in [-0.15, -0.1) is 0 Å². The van der Waals surface area contributed by atoms with Crippen LogP contribution in [0.15, 0.2) is 34.7 Å². The molecule has 17 heavy (non-hydrogen) atoms. The molecule has 0 unspecified atom stereocenters. The highest BCUT2D eigenvalue weighted by atomic mass is 35.5. The van der Waals surface area contributed by atoms with Crippen molar-refractivity contribution in [3.63, 3.8) is 0 Å². The first kappa shape index (κ1) is 11.9. The predicted molar refractivity (Wildman–Crippen MR) is 68.8 cm³/mol. The van der Waals surface area contributed by atoms with Gasteiger partial charge in [-0.25, -0.2) is 0 Å². The van der Waals surface area contributed by atoms with Crippen molar-refractivity contribution in [2.45, 2.75) is 13.5 Å².